The highest BCUT2D eigenvalue weighted by Crippen LogP contribution is 2.49. The van der Waals surface area contributed by atoms with Crippen LogP contribution in [0.25, 0.3) is 0 Å². The average molecular weight is 256 g/mol. The van der Waals surface area contributed by atoms with Crippen LogP contribution >= 0.6 is 0 Å². The molecule has 3 heteroatoms. The first-order valence-electron chi connectivity index (χ1n) is 7.30. The minimum atomic E-state index is 0.0840. The van der Waals surface area contributed by atoms with E-state index >= 15 is 0 Å². The Morgan fingerprint density at radius 1 is 1.00 bits per heavy atom. The summed E-state index contributed by atoms with van der Waals surface area (Å²) in [6.07, 6.45) is 5.47. The second-order valence-electron chi connectivity index (χ2n) is 7.70. The number of hydrogen-bond donors (Lipinski definition) is 3. The molecule has 0 aromatic heterocycles. The molecule has 0 atom stereocenters. The Kier molecular flexibility index (Phi) is 5.22. The highest BCUT2D eigenvalue weighted by Gasteiger charge is 2.46. The topological polar surface area (TPSA) is 58.3 Å². The molecule has 0 aromatic rings. The standard InChI is InChI=1S/C15H32N2O/c1-13(2)9-14(3,4)11-15(10-13,12-16)17-7-5-6-8-18/h17-18H,5-12,16H2,1-4H3. The lowest BCUT2D eigenvalue weighted by Gasteiger charge is -2.52. The fourth-order valence-corrected chi connectivity index (χ4v) is 4.25. The summed E-state index contributed by atoms with van der Waals surface area (Å²) in [5.41, 5.74) is 6.87. The van der Waals surface area contributed by atoms with Crippen LogP contribution in [-0.2, 0) is 0 Å². The Labute approximate surface area is 113 Å². The van der Waals surface area contributed by atoms with Crippen LogP contribution in [0.15, 0.2) is 0 Å². The lowest BCUT2D eigenvalue weighted by atomic mass is 9.58. The Morgan fingerprint density at radius 3 is 2.00 bits per heavy atom. The van der Waals surface area contributed by atoms with Gasteiger partial charge < -0.3 is 16.2 Å². The van der Waals surface area contributed by atoms with Gasteiger partial charge in [-0.15, -0.1) is 0 Å². The molecule has 0 radical (unpaired) electrons. The third kappa shape index (κ3) is 4.52. The van der Waals surface area contributed by atoms with Crippen LogP contribution in [0.3, 0.4) is 0 Å². The van der Waals surface area contributed by atoms with E-state index in [4.69, 9.17) is 10.8 Å². The van der Waals surface area contributed by atoms with Gasteiger partial charge in [-0.25, -0.2) is 0 Å². The monoisotopic (exact) mass is 256 g/mol. The molecule has 0 saturated heterocycles. The Hall–Kier alpha value is -0.120. The van der Waals surface area contributed by atoms with E-state index in [9.17, 15) is 0 Å². The highest BCUT2D eigenvalue weighted by molar-refractivity contribution is 5.03. The largest absolute Gasteiger partial charge is 0.396 e. The molecule has 0 unspecified atom stereocenters. The van der Waals surface area contributed by atoms with Gasteiger partial charge in [0.25, 0.3) is 0 Å². The first kappa shape index (κ1) is 15.9. The average Bonchev–Trinajstić information content (AvgIpc) is 2.20. The van der Waals surface area contributed by atoms with Crippen molar-refractivity contribution < 1.29 is 5.11 Å². The van der Waals surface area contributed by atoms with E-state index in [-0.39, 0.29) is 12.1 Å². The van der Waals surface area contributed by atoms with Gasteiger partial charge in [-0.1, -0.05) is 27.7 Å². The Bertz CT molecular complexity index is 245. The molecule has 1 aliphatic carbocycles. The van der Waals surface area contributed by atoms with Gasteiger partial charge in [-0.05, 0) is 49.5 Å². The van der Waals surface area contributed by atoms with Gasteiger partial charge >= 0.3 is 0 Å². The number of aliphatic hydroxyl groups excluding tert-OH is 1. The van der Waals surface area contributed by atoms with Crippen molar-refractivity contribution in [1.82, 2.24) is 5.32 Å². The minimum absolute atomic E-state index is 0.0840. The molecule has 0 heterocycles. The molecular weight excluding hydrogens is 224 g/mol. The smallest absolute Gasteiger partial charge is 0.0431 e. The molecule has 1 rings (SSSR count). The minimum Gasteiger partial charge on any atom is -0.396 e. The maximum absolute atomic E-state index is 8.84. The maximum atomic E-state index is 8.84. The number of aliphatic hydroxyl groups is 1. The normalized spacial score (nSPS) is 25.0. The van der Waals surface area contributed by atoms with Gasteiger partial charge in [-0.2, -0.15) is 0 Å². The lowest BCUT2D eigenvalue weighted by molar-refractivity contribution is 0.0323. The third-order valence-electron chi connectivity index (χ3n) is 4.07. The second kappa shape index (κ2) is 5.89. The van der Waals surface area contributed by atoms with Crippen LogP contribution in [0.1, 0.15) is 59.8 Å². The molecule has 0 amide bonds. The zero-order chi connectivity index (χ0) is 13.9. The Morgan fingerprint density at radius 2 is 1.56 bits per heavy atom. The molecule has 1 saturated carbocycles. The number of rotatable bonds is 6. The van der Waals surface area contributed by atoms with E-state index in [2.05, 4.69) is 33.0 Å². The van der Waals surface area contributed by atoms with E-state index in [0.29, 0.717) is 17.4 Å². The van der Waals surface area contributed by atoms with Crippen molar-refractivity contribution in [3.8, 4) is 0 Å². The van der Waals surface area contributed by atoms with Crippen molar-refractivity contribution in [2.75, 3.05) is 19.7 Å². The molecule has 1 aliphatic rings. The molecule has 0 aliphatic heterocycles. The van der Waals surface area contributed by atoms with E-state index in [1.54, 1.807) is 0 Å². The van der Waals surface area contributed by atoms with Crippen LogP contribution in [0, 0.1) is 10.8 Å². The van der Waals surface area contributed by atoms with E-state index < -0.39 is 0 Å². The summed E-state index contributed by atoms with van der Waals surface area (Å²) < 4.78 is 0. The molecule has 108 valence electrons. The van der Waals surface area contributed by atoms with Gasteiger partial charge in [0.2, 0.25) is 0 Å². The van der Waals surface area contributed by atoms with Crippen molar-refractivity contribution in [3.05, 3.63) is 0 Å². The van der Waals surface area contributed by atoms with Crippen molar-refractivity contribution in [2.24, 2.45) is 16.6 Å². The number of unbranched alkanes of at least 4 members (excludes halogenated alkanes) is 1. The van der Waals surface area contributed by atoms with Crippen LogP contribution in [0.4, 0.5) is 0 Å². The van der Waals surface area contributed by atoms with Crippen molar-refractivity contribution in [2.45, 2.75) is 65.3 Å². The van der Waals surface area contributed by atoms with Crippen molar-refractivity contribution in [1.29, 1.82) is 0 Å². The zero-order valence-electron chi connectivity index (χ0n) is 12.7. The number of hydrogen-bond acceptors (Lipinski definition) is 3. The van der Waals surface area contributed by atoms with Crippen LogP contribution < -0.4 is 11.1 Å². The van der Waals surface area contributed by atoms with Crippen molar-refractivity contribution in [3.63, 3.8) is 0 Å². The number of nitrogens with one attached hydrogen (secondary N) is 1. The van der Waals surface area contributed by atoms with Gasteiger partial charge in [0.1, 0.15) is 0 Å². The predicted octanol–water partition coefficient (Wildman–Crippen LogP) is 2.28. The van der Waals surface area contributed by atoms with Gasteiger partial charge in [0.05, 0.1) is 0 Å². The molecule has 0 aromatic carbocycles. The maximum Gasteiger partial charge on any atom is 0.0431 e. The van der Waals surface area contributed by atoms with Crippen LogP contribution in [0.2, 0.25) is 0 Å². The summed E-state index contributed by atoms with van der Waals surface area (Å²) in [5.74, 6) is 0. The molecule has 3 nitrogen and oxygen atoms in total. The van der Waals surface area contributed by atoms with Gasteiger partial charge in [0.15, 0.2) is 0 Å². The molecule has 18 heavy (non-hydrogen) atoms. The first-order valence-corrected chi connectivity index (χ1v) is 7.30. The predicted molar refractivity (Wildman–Crippen MR) is 77.5 cm³/mol. The summed E-state index contributed by atoms with van der Waals surface area (Å²) in [4.78, 5) is 0. The SMILES string of the molecule is CC1(C)CC(C)(C)CC(CN)(NCCCCO)C1. The molecular formula is C15H32N2O. The quantitative estimate of drug-likeness (QED) is 0.639. The summed E-state index contributed by atoms with van der Waals surface area (Å²) in [7, 11) is 0. The van der Waals surface area contributed by atoms with Gasteiger partial charge in [0, 0.05) is 18.7 Å². The zero-order valence-corrected chi connectivity index (χ0v) is 12.7. The fraction of sp³-hybridized carbons (Fsp3) is 1.00. The van der Waals surface area contributed by atoms with Crippen molar-refractivity contribution >= 4 is 0 Å². The highest BCUT2D eigenvalue weighted by atomic mass is 16.2. The molecule has 1 fully saturated rings. The van der Waals surface area contributed by atoms with Crippen LogP contribution in [-0.4, -0.2) is 30.3 Å². The molecule has 0 spiro atoms. The molecule has 0 bridgehead atoms. The Balaban J connectivity index is 2.66. The summed E-state index contributed by atoms with van der Waals surface area (Å²) in [6.45, 7) is 11.4. The first-order chi connectivity index (χ1) is 8.24. The van der Waals surface area contributed by atoms with Gasteiger partial charge in [-0.3, -0.25) is 0 Å². The van der Waals surface area contributed by atoms with E-state index in [0.717, 1.165) is 32.2 Å². The van der Waals surface area contributed by atoms with E-state index in [1.807, 2.05) is 0 Å². The summed E-state index contributed by atoms with van der Waals surface area (Å²) in [5, 5.41) is 12.5. The lowest BCUT2D eigenvalue weighted by Crippen LogP contribution is -2.59. The fourth-order valence-electron chi connectivity index (χ4n) is 4.25. The third-order valence-corrected chi connectivity index (χ3v) is 4.07. The number of nitrogens with two attached hydrogens (primary N) is 1. The molecule has 4 N–H and O–H groups in total. The van der Waals surface area contributed by atoms with E-state index in [1.165, 1.54) is 6.42 Å². The van der Waals surface area contributed by atoms with Crippen LogP contribution in [0.5, 0.6) is 0 Å². The summed E-state index contributed by atoms with van der Waals surface area (Å²) >= 11 is 0. The second-order valence-corrected chi connectivity index (χ2v) is 7.70. The summed E-state index contributed by atoms with van der Waals surface area (Å²) in [6, 6.07) is 0.